The molecule has 2 aromatic heterocycles. The van der Waals surface area contributed by atoms with Crippen molar-refractivity contribution in [2.24, 2.45) is 11.8 Å². The van der Waals surface area contributed by atoms with Gasteiger partial charge in [-0.05, 0) is 43.5 Å². The first-order chi connectivity index (χ1) is 12.7. The lowest BCUT2D eigenvalue weighted by Crippen LogP contribution is -2.38. The zero-order valence-electron chi connectivity index (χ0n) is 14.7. The van der Waals surface area contributed by atoms with Gasteiger partial charge in [0, 0.05) is 24.2 Å². The van der Waals surface area contributed by atoms with Gasteiger partial charge < -0.3 is 10.6 Å². The van der Waals surface area contributed by atoms with Crippen molar-refractivity contribution in [1.82, 2.24) is 20.6 Å². The van der Waals surface area contributed by atoms with E-state index >= 15 is 0 Å². The third-order valence-electron chi connectivity index (χ3n) is 4.76. The van der Waals surface area contributed by atoms with Crippen molar-refractivity contribution in [2.45, 2.75) is 38.8 Å². The number of nitrogens with zero attached hydrogens (tertiary/aromatic N) is 2. The highest BCUT2D eigenvalue weighted by Crippen LogP contribution is 2.29. The number of aromatic nitrogens is 2. The Hall–Kier alpha value is -2.76. The molecule has 136 valence electrons. The molecule has 1 saturated carbocycles. The Morgan fingerprint density at radius 3 is 1.77 bits per heavy atom. The van der Waals surface area contributed by atoms with Crippen LogP contribution in [0.15, 0.2) is 48.8 Å². The summed E-state index contributed by atoms with van der Waals surface area (Å²) in [4.78, 5) is 33.3. The van der Waals surface area contributed by atoms with Crippen molar-refractivity contribution in [1.29, 1.82) is 0 Å². The highest BCUT2D eigenvalue weighted by atomic mass is 16.2. The fraction of sp³-hybridized carbons (Fsp3) is 0.400. The maximum atomic E-state index is 12.4. The molecule has 0 saturated heterocycles. The Morgan fingerprint density at radius 2 is 1.35 bits per heavy atom. The molecular weight excluding hydrogens is 328 g/mol. The van der Waals surface area contributed by atoms with Crippen LogP contribution in [0.4, 0.5) is 0 Å². The lowest BCUT2D eigenvalue weighted by atomic mass is 9.80. The van der Waals surface area contributed by atoms with Crippen LogP contribution in [0.25, 0.3) is 0 Å². The smallest absolute Gasteiger partial charge is 0.223 e. The molecule has 2 N–H and O–H groups in total. The summed E-state index contributed by atoms with van der Waals surface area (Å²) >= 11 is 0. The van der Waals surface area contributed by atoms with E-state index in [4.69, 9.17) is 0 Å². The van der Waals surface area contributed by atoms with Crippen LogP contribution in [0.5, 0.6) is 0 Å². The molecule has 2 aromatic rings. The fourth-order valence-electron chi connectivity index (χ4n) is 3.32. The molecule has 6 nitrogen and oxygen atoms in total. The Morgan fingerprint density at radius 1 is 0.846 bits per heavy atom. The molecule has 2 amide bonds. The predicted molar refractivity (Wildman–Crippen MR) is 97.6 cm³/mol. The number of pyridine rings is 2. The number of carbonyl (C=O) groups is 2. The van der Waals surface area contributed by atoms with E-state index in [0.29, 0.717) is 19.5 Å². The number of hydrogen-bond donors (Lipinski definition) is 2. The summed E-state index contributed by atoms with van der Waals surface area (Å²) in [6, 6.07) is 11.3. The number of nitrogens with one attached hydrogen (secondary N) is 2. The fourth-order valence-corrected chi connectivity index (χ4v) is 3.32. The van der Waals surface area contributed by atoms with Gasteiger partial charge in [-0.3, -0.25) is 19.6 Å². The van der Waals surface area contributed by atoms with Gasteiger partial charge in [0.05, 0.1) is 24.5 Å². The first-order valence-electron chi connectivity index (χ1n) is 9.07. The summed E-state index contributed by atoms with van der Waals surface area (Å²) in [7, 11) is 0. The molecule has 3 rings (SSSR count). The number of hydrogen-bond acceptors (Lipinski definition) is 4. The minimum absolute atomic E-state index is 0.0119. The van der Waals surface area contributed by atoms with E-state index in [-0.39, 0.29) is 23.7 Å². The second kappa shape index (κ2) is 9.08. The maximum Gasteiger partial charge on any atom is 0.223 e. The second-order valence-corrected chi connectivity index (χ2v) is 6.64. The van der Waals surface area contributed by atoms with Crippen LogP contribution < -0.4 is 10.6 Å². The third-order valence-corrected chi connectivity index (χ3v) is 4.76. The molecule has 2 heterocycles. The van der Waals surface area contributed by atoms with Crippen LogP contribution >= 0.6 is 0 Å². The van der Waals surface area contributed by atoms with Crippen molar-refractivity contribution < 1.29 is 9.59 Å². The van der Waals surface area contributed by atoms with E-state index in [1.165, 1.54) is 0 Å². The standard InChI is InChI=1S/C20H24N4O2/c25-19(23-13-17-8-1-3-10-21-17)15-6-5-7-16(12-15)20(26)24-14-18-9-2-4-11-22-18/h1-4,8-11,15-16H,5-7,12-14H2,(H,23,25)(H,24,26)/t15-,16+. The molecule has 0 aromatic carbocycles. The van der Waals surface area contributed by atoms with Gasteiger partial charge in [0.2, 0.25) is 11.8 Å². The van der Waals surface area contributed by atoms with E-state index in [9.17, 15) is 9.59 Å². The highest BCUT2D eigenvalue weighted by Gasteiger charge is 2.31. The van der Waals surface area contributed by atoms with E-state index in [1.54, 1.807) is 12.4 Å². The molecule has 1 fully saturated rings. The van der Waals surface area contributed by atoms with Gasteiger partial charge in [-0.2, -0.15) is 0 Å². The quantitative estimate of drug-likeness (QED) is 0.835. The summed E-state index contributed by atoms with van der Waals surface area (Å²) in [6.45, 7) is 0.847. The summed E-state index contributed by atoms with van der Waals surface area (Å²) in [5, 5.41) is 5.89. The maximum absolute atomic E-state index is 12.4. The molecule has 0 bridgehead atoms. The first kappa shape index (κ1) is 18.0. The number of amides is 2. The van der Waals surface area contributed by atoms with E-state index in [2.05, 4.69) is 20.6 Å². The summed E-state index contributed by atoms with van der Waals surface area (Å²) in [5.74, 6) is -0.202. The van der Waals surface area contributed by atoms with Crippen LogP contribution in [-0.4, -0.2) is 21.8 Å². The van der Waals surface area contributed by atoms with Crippen molar-refractivity contribution in [3.8, 4) is 0 Å². The molecular formula is C20H24N4O2. The minimum Gasteiger partial charge on any atom is -0.350 e. The van der Waals surface area contributed by atoms with Crippen molar-refractivity contribution in [3.05, 3.63) is 60.2 Å². The van der Waals surface area contributed by atoms with Crippen LogP contribution in [-0.2, 0) is 22.7 Å². The van der Waals surface area contributed by atoms with Gasteiger partial charge in [-0.1, -0.05) is 18.6 Å². The van der Waals surface area contributed by atoms with E-state index in [0.717, 1.165) is 30.7 Å². The molecule has 0 aliphatic heterocycles. The largest absolute Gasteiger partial charge is 0.350 e. The highest BCUT2D eigenvalue weighted by molar-refractivity contribution is 5.82. The van der Waals surface area contributed by atoms with Crippen LogP contribution in [0, 0.1) is 11.8 Å². The summed E-state index contributed by atoms with van der Waals surface area (Å²) in [5.41, 5.74) is 1.67. The normalized spacial score (nSPS) is 19.5. The Balaban J connectivity index is 1.47. The number of rotatable bonds is 6. The minimum atomic E-state index is -0.113. The van der Waals surface area contributed by atoms with Gasteiger partial charge in [0.1, 0.15) is 0 Å². The van der Waals surface area contributed by atoms with Crippen LogP contribution in [0.1, 0.15) is 37.1 Å². The van der Waals surface area contributed by atoms with Crippen molar-refractivity contribution >= 4 is 11.8 Å². The lowest BCUT2D eigenvalue weighted by molar-refractivity contribution is -0.130. The topological polar surface area (TPSA) is 84.0 Å². The monoisotopic (exact) mass is 352 g/mol. The molecule has 26 heavy (non-hydrogen) atoms. The molecule has 1 aliphatic carbocycles. The van der Waals surface area contributed by atoms with Gasteiger partial charge >= 0.3 is 0 Å². The second-order valence-electron chi connectivity index (χ2n) is 6.64. The molecule has 0 spiro atoms. The number of carbonyl (C=O) groups excluding carboxylic acids is 2. The van der Waals surface area contributed by atoms with Crippen molar-refractivity contribution in [2.75, 3.05) is 0 Å². The summed E-state index contributed by atoms with van der Waals surface area (Å²) < 4.78 is 0. The molecule has 2 atom stereocenters. The van der Waals surface area contributed by atoms with Gasteiger partial charge in [0.15, 0.2) is 0 Å². The average Bonchev–Trinajstić information content (AvgIpc) is 2.72. The lowest BCUT2D eigenvalue weighted by Gasteiger charge is -2.27. The third kappa shape index (κ3) is 5.12. The van der Waals surface area contributed by atoms with Crippen LogP contribution in [0.2, 0.25) is 0 Å². The summed E-state index contributed by atoms with van der Waals surface area (Å²) in [6.07, 6.45) is 6.58. The van der Waals surface area contributed by atoms with E-state index in [1.807, 2.05) is 36.4 Å². The zero-order chi connectivity index (χ0) is 18.2. The Kier molecular flexibility index (Phi) is 6.30. The van der Waals surface area contributed by atoms with E-state index < -0.39 is 0 Å². The average molecular weight is 352 g/mol. The van der Waals surface area contributed by atoms with Gasteiger partial charge in [-0.25, -0.2) is 0 Å². The molecule has 1 aliphatic rings. The van der Waals surface area contributed by atoms with Crippen LogP contribution in [0.3, 0.4) is 0 Å². The Labute approximate surface area is 153 Å². The predicted octanol–water partition coefficient (Wildman–Crippen LogP) is 2.22. The van der Waals surface area contributed by atoms with Crippen molar-refractivity contribution in [3.63, 3.8) is 0 Å². The first-order valence-corrected chi connectivity index (χ1v) is 9.07. The Bertz CT molecular complexity index is 660. The molecule has 0 radical (unpaired) electrons. The zero-order valence-corrected chi connectivity index (χ0v) is 14.7. The molecule has 0 unspecified atom stereocenters. The van der Waals surface area contributed by atoms with Gasteiger partial charge in [0.25, 0.3) is 0 Å². The SMILES string of the molecule is O=C(NCc1ccccn1)[C@@H]1CCC[C@H](C(=O)NCc2ccccn2)C1. The molecule has 6 heteroatoms. The van der Waals surface area contributed by atoms with Gasteiger partial charge in [-0.15, -0.1) is 0 Å².